The predicted octanol–water partition coefficient (Wildman–Crippen LogP) is 3.08. The third-order valence-corrected chi connectivity index (χ3v) is 4.43. The quantitative estimate of drug-likeness (QED) is 0.805. The number of nitrogens with two attached hydrogens (primary N) is 2. The van der Waals surface area contributed by atoms with Crippen LogP contribution in [0.25, 0.3) is 0 Å². The molecular weight excluding hydrogens is 308 g/mol. The van der Waals surface area contributed by atoms with Gasteiger partial charge in [0.05, 0.1) is 45.9 Å². The Hall–Kier alpha value is -2.57. The zero-order chi connectivity index (χ0) is 16.8. The van der Waals surface area contributed by atoms with Gasteiger partial charge in [0.1, 0.15) is 5.75 Å². The first-order valence-electron chi connectivity index (χ1n) is 7.33. The Morgan fingerprint density at radius 2 is 1.74 bits per heavy atom. The van der Waals surface area contributed by atoms with Crippen LogP contribution in [0, 0.1) is 22.7 Å². The number of unbranched alkanes of at least 4 members (excludes halogenated alkanes) is 1. The second-order valence-corrected chi connectivity index (χ2v) is 6.14. The molecule has 0 radical (unpaired) electrons. The molecule has 0 saturated heterocycles. The minimum absolute atomic E-state index is 0.331. The molecular formula is C17H18N4OS. The van der Waals surface area contributed by atoms with Crippen molar-refractivity contribution in [3.63, 3.8) is 0 Å². The summed E-state index contributed by atoms with van der Waals surface area (Å²) < 4.78 is 5.83. The van der Waals surface area contributed by atoms with Gasteiger partial charge in [-0.25, -0.2) is 0 Å². The second-order valence-electron chi connectivity index (χ2n) is 5.05. The van der Waals surface area contributed by atoms with E-state index in [2.05, 4.69) is 19.1 Å². The number of benzene rings is 1. The van der Waals surface area contributed by atoms with Crippen LogP contribution in [0.15, 0.2) is 45.5 Å². The summed E-state index contributed by atoms with van der Waals surface area (Å²) in [6, 6.07) is 11.6. The summed E-state index contributed by atoms with van der Waals surface area (Å²) in [4.78, 5) is 0. The number of hydrogen-bond donors (Lipinski definition) is 2. The van der Waals surface area contributed by atoms with Crippen LogP contribution in [-0.2, 0) is 0 Å². The van der Waals surface area contributed by atoms with Crippen LogP contribution in [0.2, 0.25) is 0 Å². The van der Waals surface area contributed by atoms with Crippen molar-refractivity contribution in [2.45, 2.75) is 25.7 Å². The highest BCUT2D eigenvalue weighted by molar-refractivity contribution is 8.06. The van der Waals surface area contributed by atoms with E-state index in [9.17, 15) is 10.5 Å². The van der Waals surface area contributed by atoms with Crippen molar-refractivity contribution in [2.24, 2.45) is 11.5 Å². The van der Waals surface area contributed by atoms with Crippen LogP contribution >= 0.6 is 11.8 Å². The van der Waals surface area contributed by atoms with Crippen LogP contribution in [0.5, 0.6) is 5.75 Å². The van der Waals surface area contributed by atoms with Crippen LogP contribution in [0.4, 0.5) is 0 Å². The maximum atomic E-state index is 9.48. The molecule has 1 aromatic carbocycles. The van der Waals surface area contributed by atoms with Crippen molar-refractivity contribution in [3.05, 3.63) is 51.0 Å². The topological polar surface area (TPSA) is 109 Å². The van der Waals surface area contributed by atoms with Gasteiger partial charge in [0.15, 0.2) is 0 Å². The summed E-state index contributed by atoms with van der Waals surface area (Å²) in [5.74, 6) is 0.0722. The minimum atomic E-state index is -0.580. The van der Waals surface area contributed by atoms with Gasteiger partial charge in [-0.2, -0.15) is 10.5 Å². The van der Waals surface area contributed by atoms with Crippen LogP contribution in [0.1, 0.15) is 31.2 Å². The SMILES string of the molecule is CCCCOc1ccccc1C1C(C#N)=C(N)SC(N)=C1C#N. The minimum Gasteiger partial charge on any atom is -0.493 e. The predicted molar refractivity (Wildman–Crippen MR) is 90.8 cm³/mol. The van der Waals surface area contributed by atoms with E-state index < -0.39 is 5.92 Å². The maximum Gasteiger partial charge on any atom is 0.123 e. The molecule has 0 aliphatic carbocycles. The molecule has 4 N–H and O–H groups in total. The molecule has 0 aromatic heterocycles. The van der Waals surface area contributed by atoms with Crippen LogP contribution in [-0.4, -0.2) is 6.61 Å². The van der Waals surface area contributed by atoms with E-state index in [1.54, 1.807) is 0 Å². The summed E-state index contributed by atoms with van der Waals surface area (Å²) in [7, 11) is 0. The first-order valence-corrected chi connectivity index (χ1v) is 8.14. The lowest BCUT2D eigenvalue weighted by Crippen LogP contribution is -2.19. The number of thioether (sulfide) groups is 1. The van der Waals surface area contributed by atoms with E-state index in [4.69, 9.17) is 16.2 Å². The Labute approximate surface area is 140 Å². The molecule has 0 bridgehead atoms. The molecule has 5 nitrogen and oxygen atoms in total. The largest absolute Gasteiger partial charge is 0.493 e. The van der Waals surface area contributed by atoms with E-state index in [0.717, 1.165) is 30.2 Å². The number of nitriles is 2. The highest BCUT2D eigenvalue weighted by Gasteiger charge is 2.32. The average Bonchev–Trinajstić information content (AvgIpc) is 2.55. The molecule has 0 fully saturated rings. The molecule has 6 heteroatoms. The van der Waals surface area contributed by atoms with Crippen molar-refractivity contribution >= 4 is 11.8 Å². The number of para-hydroxylation sites is 1. The zero-order valence-corrected chi connectivity index (χ0v) is 13.7. The highest BCUT2D eigenvalue weighted by Crippen LogP contribution is 2.45. The molecule has 0 saturated carbocycles. The van der Waals surface area contributed by atoms with Crippen LogP contribution < -0.4 is 16.2 Å². The molecule has 1 aliphatic rings. The Bertz CT molecular complexity index is 704. The first-order chi connectivity index (χ1) is 11.1. The zero-order valence-electron chi connectivity index (χ0n) is 12.9. The summed E-state index contributed by atoms with van der Waals surface area (Å²) in [6.45, 7) is 2.67. The Morgan fingerprint density at radius 3 is 2.30 bits per heavy atom. The standard InChI is InChI=1S/C17H18N4OS/c1-2-3-8-22-14-7-5-4-6-11(14)15-12(9-18)16(20)23-17(21)13(15)10-19/h4-7,15H,2-3,8,20-21H2,1H3. The fourth-order valence-electron chi connectivity index (χ4n) is 2.38. The lowest BCUT2D eigenvalue weighted by Gasteiger charge is -2.25. The molecule has 0 amide bonds. The van der Waals surface area contributed by atoms with E-state index in [-0.39, 0.29) is 0 Å². The smallest absolute Gasteiger partial charge is 0.123 e. The summed E-state index contributed by atoms with van der Waals surface area (Å²) in [6.07, 6.45) is 1.95. The number of rotatable bonds is 5. The molecule has 0 atom stereocenters. The van der Waals surface area contributed by atoms with Crippen molar-refractivity contribution in [1.29, 1.82) is 10.5 Å². The Balaban J connectivity index is 2.51. The number of ether oxygens (including phenoxy) is 1. The van der Waals surface area contributed by atoms with Gasteiger partial charge in [-0.3, -0.25) is 0 Å². The van der Waals surface area contributed by atoms with Gasteiger partial charge in [0.2, 0.25) is 0 Å². The van der Waals surface area contributed by atoms with Crippen molar-refractivity contribution in [1.82, 2.24) is 0 Å². The maximum absolute atomic E-state index is 9.48. The van der Waals surface area contributed by atoms with Gasteiger partial charge >= 0.3 is 0 Å². The summed E-state index contributed by atoms with van der Waals surface area (Å²) in [5, 5.41) is 19.6. The molecule has 2 rings (SSSR count). The monoisotopic (exact) mass is 326 g/mol. The first kappa shape index (κ1) is 16.8. The fraction of sp³-hybridized carbons (Fsp3) is 0.294. The van der Waals surface area contributed by atoms with Gasteiger partial charge < -0.3 is 16.2 Å². The van der Waals surface area contributed by atoms with E-state index in [0.29, 0.717) is 33.6 Å². The van der Waals surface area contributed by atoms with E-state index in [1.807, 2.05) is 24.3 Å². The van der Waals surface area contributed by atoms with Gasteiger partial charge in [-0.05, 0) is 12.5 Å². The van der Waals surface area contributed by atoms with Gasteiger partial charge in [0.25, 0.3) is 0 Å². The molecule has 1 aliphatic heterocycles. The van der Waals surface area contributed by atoms with Crippen molar-refractivity contribution < 1.29 is 4.74 Å². The average molecular weight is 326 g/mol. The Morgan fingerprint density at radius 1 is 1.13 bits per heavy atom. The van der Waals surface area contributed by atoms with Crippen LogP contribution in [0.3, 0.4) is 0 Å². The summed E-state index contributed by atoms with van der Waals surface area (Å²) >= 11 is 1.06. The van der Waals surface area contributed by atoms with E-state index in [1.165, 1.54) is 0 Å². The number of hydrogen-bond acceptors (Lipinski definition) is 6. The lowest BCUT2D eigenvalue weighted by molar-refractivity contribution is 0.306. The normalized spacial score (nSPS) is 15.3. The van der Waals surface area contributed by atoms with Gasteiger partial charge in [-0.1, -0.05) is 43.3 Å². The lowest BCUT2D eigenvalue weighted by atomic mass is 9.85. The highest BCUT2D eigenvalue weighted by atomic mass is 32.2. The van der Waals surface area contributed by atoms with Gasteiger partial charge in [-0.15, -0.1) is 0 Å². The molecule has 1 heterocycles. The van der Waals surface area contributed by atoms with Crippen molar-refractivity contribution in [3.8, 4) is 17.9 Å². The molecule has 118 valence electrons. The molecule has 0 spiro atoms. The molecule has 0 unspecified atom stereocenters. The number of allylic oxidation sites excluding steroid dienone is 2. The summed E-state index contributed by atoms with van der Waals surface area (Å²) in [5.41, 5.74) is 13.3. The second kappa shape index (κ2) is 7.62. The van der Waals surface area contributed by atoms with E-state index >= 15 is 0 Å². The molecule has 23 heavy (non-hydrogen) atoms. The van der Waals surface area contributed by atoms with Crippen molar-refractivity contribution in [2.75, 3.05) is 6.61 Å². The fourth-order valence-corrected chi connectivity index (χ4v) is 3.17. The van der Waals surface area contributed by atoms with Gasteiger partial charge in [0, 0.05) is 5.56 Å². The third-order valence-electron chi connectivity index (χ3n) is 3.55. The third kappa shape index (κ3) is 3.44. The number of nitrogens with zero attached hydrogens (tertiary/aromatic N) is 2. The molecule has 1 aromatic rings. The Kier molecular flexibility index (Phi) is 5.56.